The summed E-state index contributed by atoms with van der Waals surface area (Å²) in [6.45, 7) is 4.52. The molecule has 0 unspecified atom stereocenters. The van der Waals surface area contributed by atoms with Crippen LogP contribution in [0.1, 0.15) is 17.2 Å². The van der Waals surface area contributed by atoms with E-state index in [1.807, 2.05) is 0 Å². The number of rotatable bonds is 6. The molecule has 25 heavy (non-hydrogen) atoms. The van der Waals surface area contributed by atoms with Gasteiger partial charge in [-0.3, -0.25) is 9.80 Å². The Bertz CT molecular complexity index is 653. The summed E-state index contributed by atoms with van der Waals surface area (Å²) in [6.07, 6.45) is 2.95. The summed E-state index contributed by atoms with van der Waals surface area (Å²) in [4.78, 5) is 15.4. The summed E-state index contributed by atoms with van der Waals surface area (Å²) in [7, 11) is 0. The van der Waals surface area contributed by atoms with Crippen molar-refractivity contribution in [3.63, 3.8) is 0 Å². The predicted octanol–water partition coefficient (Wildman–Crippen LogP) is 3.03. The van der Waals surface area contributed by atoms with Gasteiger partial charge in [-0.25, -0.2) is 4.79 Å². The minimum Gasteiger partial charge on any atom is -0.478 e. The van der Waals surface area contributed by atoms with Crippen LogP contribution in [0.3, 0.4) is 0 Å². The lowest BCUT2D eigenvalue weighted by Crippen LogP contribution is -2.47. The van der Waals surface area contributed by atoms with E-state index < -0.39 is 5.97 Å². The lowest BCUT2D eigenvalue weighted by molar-refractivity contribution is -0.131. The van der Waals surface area contributed by atoms with Crippen molar-refractivity contribution in [1.29, 1.82) is 0 Å². The van der Waals surface area contributed by atoms with E-state index in [1.54, 1.807) is 6.08 Å². The van der Waals surface area contributed by atoms with Gasteiger partial charge in [0.05, 0.1) is 6.04 Å². The van der Waals surface area contributed by atoms with E-state index >= 15 is 0 Å². The molecule has 0 bridgehead atoms. The van der Waals surface area contributed by atoms with Gasteiger partial charge in [-0.2, -0.15) is 0 Å². The highest BCUT2D eigenvalue weighted by Crippen LogP contribution is 2.29. The maximum absolute atomic E-state index is 10.6. The third-order valence-electron chi connectivity index (χ3n) is 4.63. The molecule has 0 aliphatic carbocycles. The number of benzene rings is 2. The first-order chi connectivity index (χ1) is 12.2. The largest absolute Gasteiger partial charge is 0.478 e. The molecule has 0 saturated carbocycles. The van der Waals surface area contributed by atoms with Crippen molar-refractivity contribution in [2.24, 2.45) is 0 Å². The molecule has 1 aliphatic rings. The maximum Gasteiger partial charge on any atom is 0.328 e. The number of piperazine rings is 1. The number of hydrogen-bond acceptors (Lipinski definition) is 3. The van der Waals surface area contributed by atoms with E-state index in [2.05, 4.69) is 70.5 Å². The van der Waals surface area contributed by atoms with Crippen LogP contribution in [0.5, 0.6) is 0 Å². The number of carboxylic acids is 1. The van der Waals surface area contributed by atoms with Crippen molar-refractivity contribution in [3.05, 3.63) is 83.9 Å². The zero-order valence-corrected chi connectivity index (χ0v) is 14.3. The van der Waals surface area contributed by atoms with Crippen molar-refractivity contribution in [3.8, 4) is 0 Å². The molecule has 0 spiro atoms. The van der Waals surface area contributed by atoms with Gasteiger partial charge < -0.3 is 5.11 Å². The maximum atomic E-state index is 10.6. The van der Waals surface area contributed by atoms with Crippen LogP contribution >= 0.6 is 0 Å². The summed E-state index contributed by atoms with van der Waals surface area (Å²) in [6, 6.07) is 21.5. The van der Waals surface area contributed by atoms with Crippen molar-refractivity contribution in [2.75, 3.05) is 32.7 Å². The molecular formula is C21H24N2O2. The van der Waals surface area contributed by atoms with E-state index in [4.69, 9.17) is 5.11 Å². The Hall–Kier alpha value is -2.43. The first-order valence-electron chi connectivity index (χ1n) is 8.70. The van der Waals surface area contributed by atoms with E-state index in [0.717, 1.165) is 26.2 Å². The van der Waals surface area contributed by atoms with Crippen molar-refractivity contribution in [1.82, 2.24) is 9.80 Å². The van der Waals surface area contributed by atoms with Gasteiger partial charge in [0.2, 0.25) is 0 Å². The second-order valence-electron chi connectivity index (χ2n) is 6.30. The van der Waals surface area contributed by atoms with Crippen LogP contribution in [-0.4, -0.2) is 53.6 Å². The third kappa shape index (κ3) is 4.78. The van der Waals surface area contributed by atoms with Crippen LogP contribution in [0, 0.1) is 0 Å². The SMILES string of the molecule is O=C(O)C=CCN1CCN(C(c2ccccc2)c2ccccc2)CC1. The highest BCUT2D eigenvalue weighted by Gasteiger charge is 2.25. The average molecular weight is 336 g/mol. The minimum atomic E-state index is -0.883. The van der Waals surface area contributed by atoms with Gasteiger partial charge in [0.1, 0.15) is 0 Å². The highest BCUT2D eigenvalue weighted by molar-refractivity contribution is 5.79. The minimum absolute atomic E-state index is 0.263. The number of carbonyl (C=O) groups is 1. The third-order valence-corrected chi connectivity index (χ3v) is 4.63. The lowest BCUT2D eigenvalue weighted by atomic mass is 9.96. The average Bonchev–Trinajstić information content (AvgIpc) is 2.65. The number of aliphatic carboxylic acids is 1. The normalized spacial score (nSPS) is 16.5. The molecule has 0 atom stereocenters. The van der Waals surface area contributed by atoms with Crippen LogP contribution < -0.4 is 0 Å². The van der Waals surface area contributed by atoms with Gasteiger partial charge in [0.15, 0.2) is 0 Å². The molecule has 2 aromatic carbocycles. The van der Waals surface area contributed by atoms with Crippen LogP contribution in [0.4, 0.5) is 0 Å². The lowest BCUT2D eigenvalue weighted by Gasteiger charge is -2.39. The zero-order valence-electron chi connectivity index (χ0n) is 14.3. The summed E-state index contributed by atoms with van der Waals surface area (Å²) >= 11 is 0. The van der Waals surface area contributed by atoms with Gasteiger partial charge in [-0.15, -0.1) is 0 Å². The predicted molar refractivity (Wildman–Crippen MR) is 99.5 cm³/mol. The molecule has 1 heterocycles. The Balaban J connectivity index is 1.70. The van der Waals surface area contributed by atoms with Gasteiger partial charge in [-0.1, -0.05) is 66.7 Å². The van der Waals surface area contributed by atoms with Crippen LogP contribution in [0.2, 0.25) is 0 Å². The van der Waals surface area contributed by atoms with Crippen LogP contribution in [0.15, 0.2) is 72.8 Å². The Kier molecular flexibility index (Phi) is 5.99. The summed E-state index contributed by atoms with van der Waals surface area (Å²) < 4.78 is 0. The molecule has 1 saturated heterocycles. The standard InChI is InChI=1S/C21H24N2O2/c24-20(25)12-7-13-22-14-16-23(17-15-22)21(18-8-3-1-4-9-18)19-10-5-2-6-11-19/h1-12,21H,13-17H2,(H,24,25). The van der Waals surface area contributed by atoms with Gasteiger partial charge in [-0.05, 0) is 11.1 Å². The molecule has 1 N–H and O–H groups in total. The fourth-order valence-corrected chi connectivity index (χ4v) is 3.39. The molecule has 0 aromatic heterocycles. The Labute approximate surface area is 149 Å². The Morgan fingerprint density at radius 3 is 1.92 bits per heavy atom. The molecule has 4 heteroatoms. The number of hydrogen-bond donors (Lipinski definition) is 1. The summed E-state index contributed by atoms with van der Waals surface area (Å²) in [5.74, 6) is -0.883. The fraction of sp³-hybridized carbons (Fsp3) is 0.286. The Morgan fingerprint density at radius 2 is 1.44 bits per heavy atom. The van der Waals surface area contributed by atoms with Gasteiger partial charge in [0.25, 0.3) is 0 Å². The molecule has 0 amide bonds. The molecule has 130 valence electrons. The topological polar surface area (TPSA) is 43.8 Å². The summed E-state index contributed by atoms with van der Waals surface area (Å²) in [5, 5.41) is 8.70. The number of nitrogens with zero attached hydrogens (tertiary/aromatic N) is 2. The van der Waals surface area contributed by atoms with Crippen LogP contribution in [-0.2, 0) is 4.79 Å². The zero-order chi connectivity index (χ0) is 17.5. The molecule has 1 aliphatic heterocycles. The second kappa shape index (κ2) is 8.60. The van der Waals surface area contributed by atoms with Crippen molar-refractivity contribution >= 4 is 5.97 Å². The first kappa shape index (κ1) is 17.4. The molecule has 1 fully saturated rings. The van der Waals surface area contributed by atoms with E-state index in [1.165, 1.54) is 17.2 Å². The Morgan fingerprint density at radius 1 is 0.920 bits per heavy atom. The second-order valence-corrected chi connectivity index (χ2v) is 6.30. The smallest absolute Gasteiger partial charge is 0.328 e. The summed E-state index contributed by atoms with van der Waals surface area (Å²) in [5.41, 5.74) is 2.63. The molecule has 0 radical (unpaired) electrons. The first-order valence-corrected chi connectivity index (χ1v) is 8.70. The van der Waals surface area contributed by atoms with Crippen molar-refractivity contribution in [2.45, 2.75) is 6.04 Å². The molecule has 4 nitrogen and oxygen atoms in total. The van der Waals surface area contributed by atoms with Crippen molar-refractivity contribution < 1.29 is 9.90 Å². The fourth-order valence-electron chi connectivity index (χ4n) is 3.39. The quantitative estimate of drug-likeness (QED) is 0.824. The monoisotopic (exact) mass is 336 g/mol. The van der Waals surface area contributed by atoms with E-state index in [-0.39, 0.29) is 6.04 Å². The number of carboxylic acid groups (broad SMARTS) is 1. The van der Waals surface area contributed by atoms with E-state index in [0.29, 0.717) is 6.54 Å². The molecular weight excluding hydrogens is 312 g/mol. The molecule has 2 aromatic rings. The van der Waals surface area contributed by atoms with Crippen LogP contribution in [0.25, 0.3) is 0 Å². The molecule has 3 rings (SSSR count). The van der Waals surface area contributed by atoms with Gasteiger partial charge >= 0.3 is 5.97 Å². The highest BCUT2D eigenvalue weighted by atomic mass is 16.4. The van der Waals surface area contributed by atoms with Gasteiger partial charge in [0, 0.05) is 38.8 Å². The van der Waals surface area contributed by atoms with E-state index in [9.17, 15) is 4.79 Å².